The van der Waals surface area contributed by atoms with Crippen LogP contribution in [0.25, 0.3) is 0 Å². The first-order valence-corrected chi connectivity index (χ1v) is 11.4. The van der Waals surface area contributed by atoms with Crippen molar-refractivity contribution >= 4 is 17.7 Å². The molecule has 3 heterocycles. The number of piperidine rings is 1. The van der Waals surface area contributed by atoms with Crippen molar-refractivity contribution in [2.75, 3.05) is 52.5 Å². The summed E-state index contributed by atoms with van der Waals surface area (Å²) in [5.41, 5.74) is 1.53. The Morgan fingerprint density at radius 3 is 2.61 bits per heavy atom. The van der Waals surface area contributed by atoms with Gasteiger partial charge in [-0.3, -0.25) is 19.3 Å². The minimum absolute atomic E-state index is 0.0392. The van der Waals surface area contributed by atoms with E-state index in [0.717, 1.165) is 64.1 Å². The van der Waals surface area contributed by atoms with Crippen molar-refractivity contribution in [2.45, 2.75) is 38.3 Å². The largest absolute Gasteiger partial charge is 0.379 e. The lowest BCUT2D eigenvalue weighted by atomic mass is 9.98. The lowest BCUT2D eigenvalue weighted by molar-refractivity contribution is -0.158. The van der Waals surface area contributed by atoms with Crippen LogP contribution in [0, 0.1) is 0 Å². The number of carbonyl (C=O) groups is 3. The van der Waals surface area contributed by atoms with Crippen LogP contribution in [0.4, 0.5) is 0 Å². The van der Waals surface area contributed by atoms with Gasteiger partial charge in [0, 0.05) is 38.3 Å². The number of nitrogens with one attached hydrogen (secondary N) is 1. The van der Waals surface area contributed by atoms with E-state index < -0.39 is 0 Å². The zero-order valence-electron chi connectivity index (χ0n) is 18.1. The number of morpholine rings is 1. The molecule has 1 N–H and O–H groups in total. The second kappa shape index (κ2) is 10.2. The molecule has 0 radical (unpaired) electrons. The van der Waals surface area contributed by atoms with Gasteiger partial charge >= 0.3 is 0 Å². The average molecular weight is 429 g/mol. The van der Waals surface area contributed by atoms with Crippen molar-refractivity contribution in [3.63, 3.8) is 0 Å². The molecule has 0 unspecified atom stereocenters. The van der Waals surface area contributed by atoms with E-state index in [-0.39, 0.29) is 30.3 Å². The van der Waals surface area contributed by atoms with Crippen molar-refractivity contribution in [3.8, 4) is 0 Å². The number of amides is 3. The molecule has 0 spiro atoms. The van der Waals surface area contributed by atoms with Crippen LogP contribution < -0.4 is 5.32 Å². The second-order valence-corrected chi connectivity index (χ2v) is 8.55. The summed E-state index contributed by atoms with van der Waals surface area (Å²) in [5.74, 6) is -0.00522. The molecule has 8 heteroatoms. The van der Waals surface area contributed by atoms with Crippen molar-refractivity contribution in [3.05, 3.63) is 35.4 Å². The van der Waals surface area contributed by atoms with E-state index in [4.69, 9.17) is 4.74 Å². The monoisotopic (exact) mass is 428 g/mol. The van der Waals surface area contributed by atoms with Gasteiger partial charge in [0.05, 0.1) is 13.2 Å². The molecule has 0 aliphatic carbocycles. The summed E-state index contributed by atoms with van der Waals surface area (Å²) in [7, 11) is 0. The normalized spacial score (nSPS) is 22.4. The van der Waals surface area contributed by atoms with Crippen LogP contribution >= 0.6 is 0 Å². The van der Waals surface area contributed by atoms with Gasteiger partial charge in [-0.2, -0.15) is 0 Å². The van der Waals surface area contributed by atoms with Gasteiger partial charge in [-0.05, 0) is 49.9 Å². The van der Waals surface area contributed by atoms with E-state index in [0.29, 0.717) is 25.2 Å². The van der Waals surface area contributed by atoms with Crippen LogP contribution in [0.5, 0.6) is 0 Å². The third kappa shape index (κ3) is 5.43. The van der Waals surface area contributed by atoms with Gasteiger partial charge in [-0.25, -0.2) is 0 Å². The number of benzene rings is 1. The van der Waals surface area contributed by atoms with Crippen LogP contribution in [-0.4, -0.2) is 90.9 Å². The molecule has 1 aromatic rings. The predicted octanol–water partition coefficient (Wildman–Crippen LogP) is 0.862. The Morgan fingerprint density at radius 1 is 1.06 bits per heavy atom. The Morgan fingerprint density at radius 2 is 1.84 bits per heavy atom. The minimum atomic E-state index is -0.294. The molecule has 3 aliphatic rings. The number of carbonyl (C=O) groups excluding carboxylic acids is 3. The summed E-state index contributed by atoms with van der Waals surface area (Å²) < 4.78 is 5.34. The maximum Gasteiger partial charge on any atom is 0.251 e. The van der Waals surface area contributed by atoms with E-state index in [1.807, 2.05) is 12.1 Å². The van der Waals surface area contributed by atoms with Crippen molar-refractivity contribution in [1.29, 1.82) is 0 Å². The molecule has 1 aromatic carbocycles. The maximum absolute atomic E-state index is 12.8. The highest BCUT2D eigenvalue weighted by atomic mass is 16.5. The molecule has 3 amide bonds. The Labute approximate surface area is 183 Å². The van der Waals surface area contributed by atoms with Crippen LogP contribution in [0.2, 0.25) is 0 Å². The first kappa shape index (κ1) is 21.8. The molecule has 3 fully saturated rings. The van der Waals surface area contributed by atoms with E-state index in [1.54, 1.807) is 21.9 Å². The van der Waals surface area contributed by atoms with Gasteiger partial charge in [0.25, 0.3) is 5.91 Å². The zero-order valence-corrected chi connectivity index (χ0v) is 18.1. The van der Waals surface area contributed by atoms with Crippen LogP contribution in [0.1, 0.15) is 41.6 Å². The lowest BCUT2D eigenvalue weighted by Crippen LogP contribution is -2.60. The molecule has 0 aromatic heterocycles. The first-order valence-electron chi connectivity index (χ1n) is 11.4. The highest BCUT2D eigenvalue weighted by molar-refractivity contribution is 5.95. The fourth-order valence-corrected chi connectivity index (χ4v) is 4.58. The summed E-state index contributed by atoms with van der Waals surface area (Å²) >= 11 is 0. The predicted molar refractivity (Wildman–Crippen MR) is 115 cm³/mol. The number of fused-ring (bicyclic) bond motifs is 1. The van der Waals surface area contributed by atoms with Crippen molar-refractivity contribution in [2.24, 2.45) is 0 Å². The molecular weight excluding hydrogens is 396 g/mol. The SMILES string of the molecule is O=C(NCCCN1CCOCC1)c1ccc(CN2CC(=O)N3CCCC[C@@H]3C2=O)cc1. The van der Waals surface area contributed by atoms with Crippen LogP contribution in [-0.2, 0) is 20.9 Å². The summed E-state index contributed by atoms with van der Waals surface area (Å²) in [4.78, 5) is 43.4. The van der Waals surface area contributed by atoms with E-state index in [9.17, 15) is 14.4 Å². The smallest absolute Gasteiger partial charge is 0.251 e. The minimum Gasteiger partial charge on any atom is -0.379 e. The molecule has 8 nitrogen and oxygen atoms in total. The third-order valence-electron chi connectivity index (χ3n) is 6.38. The third-order valence-corrected chi connectivity index (χ3v) is 6.38. The zero-order chi connectivity index (χ0) is 21.6. The molecule has 168 valence electrons. The highest BCUT2D eigenvalue weighted by Gasteiger charge is 2.40. The number of hydrogen-bond acceptors (Lipinski definition) is 5. The molecule has 3 aliphatic heterocycles. The first-order chi connectivity index (χ1) is 15.1. The standard InChI is InChI=1S/C23H32N4O4/c28-21-17-26(23(30)20-4-1-2-11-27(20)21)16-18-5-7-19(8-6-18)22(29)24-9-3-10-25-12-14-31-15-13-25/h5-8,20H,1-4,9-17H2,(H,24,29)/t20-/m1/s1. The van der Waals surface area contributed by atoms with Crippen molar-refractivity contribution in [1.82, 2.24) is 20.0 Å². The number of rotatable bonds is 7. The fourth-order valence-electron chi connectivity index (χ4n) is 4.58. The Bertz CT molecular complexity index is 791. The van der Waals surface area contributed by atoms with Crippen LogP contribution in [0.3, 0.4) is 0 Å². The van der Waals surface area contributed by atoms with Gasteiger partial charge in [-0.15, -0.1) is 0 Å². The summed E-state index contributed by atoms with van der Waals surface area (Å²) in [6, 6.07) is 7.02. The fraction of sp³-hybridized carbons (Fsp3) is 0.609. The molecule has 3 saturated heterocycles. The number of piperazine rings is 1. The molecule has 0 saturated carbocycles. The molecule has 1 atom stereocenters. The van der Waals surface area contributed by atoms with Gasteiger partial charge in [0.1, 0.15) is 12.6 Å². The number of nitrogens with zero attached hydrogens (tertiary/aromatic N) is 3. The Balaban J connectivity index is 1.24. The van der Waals surface area contributed by atoms with E-state index >= 15 is 0 Å². The molecular formula is C23H32N4O4. The maximum atomic E-state index is 12.8. The van der Waals surface area contributed by atoms with Gasteiger partial charge in [0.15, 0.2) is 0 Å². The van der Waals surface area contributed by atoms with Crippen molar-refractivity contribution < 1.29 is 19.1 Å². The van der Waals surface area contributed by atoms with Gasteiger partial charge in [-0.1, -0.05) is 12.1 Å². The molecule has 31 heavy (non-hydrogen) atoms. The number of hydrogen-bond donors (Lipinski definition) is 1. The summed E-state index contributed by atoms with van der Waals surface area (Å²) in [5, 5.41) is 2.97. The molecule has 4 rings (SSSR count). The topological polar surface area (TPSA) is 82.2 Å². The Hall–Kier alpha value is -2.45. The van der Waals surface area contributed by atoms with E-state index in [1.165, 1.54) is 0 Å². The quantitative estimate of drug-likeness (QED) is 0.652. The van der Waals surface area contributed by atoms with Crippen LogP contribution in [0.15, 0.2) is 24.3 Å². The second-order valence-electron chi connectivity index (χ2n) is 8.55. The number of ether oxygens (including phenoxy) is 1. The Kier molecular flexibility index (Phi) is 7.19. The van der Waals surface area contributed by atoms with Gasteiger partial charge < -0.3 is 19.9 Å². The molecule has 0 bridgehead atoms. The van der Waals surface area contributed by atoms with Gasteiger partial charge in [0.2, 0.25) is 11.8 Å². The summed E-state index contributed by atoms with van der Waals surface area (Å²) in [6.07, 6.45) is 3.63. The average Bonchev–Trinajstić information content (AvgIpc) is 2.81. The highest BCUT2D eigenvalue weighted by Crippen LogP contribution is 2.24. The lowest BCUT2D eigenvalue weighted by Gasteiger charge is -2.42. The summed E-state index contributed by atoms with van der Waals surface area (Å²) in [6.45, 7) is 6.32. The van der Waals surface area contributed by atoms with E-state index in [2.05, 4.69) is 10.2 Å².